The van der Waals surface area contributed by atoms with Gasteiger partial charge in [-0.15, -0.1) is 11.3 Å². The van der Waals surface area contributed by atoms with E-state index >= 15 is 0 Å². The third-order valence-corrected chi connectivity index (χ3v) is 4.79. The van der Waals surface area contributed by atoms with Crippen LogP contribution in [0.4, 0.5) is 0 Å². The number of nitrogens with one attached hydrogen (secondary N) is 2. The average Bonchev–Trinajstić information content (AvgIpc) is 2.97. The van der Waals surface area contributed by atoms with Gasteiger partial charge >= 0.3 is 0 Å². The number of aliphatic hydroxyl groups is 1. The first-order chi connectivity index (χ1) is 8.74. The predicted molar refractivity (Wildman–Crippen MR) is 70.6 cm³/mol. The number of hydrogen-bond donors (Lipinski definition) is 3. The minimum Gasteiger partial charge on any atom is -0.392 e. The Hall–Kier alpha value is -0.910. The molecule has 3 unspecified atom stereocenters. The lowest BCUT2D eigenvalue weighted by molar-refractivity contribution is -0.123. The Balaban J connectivity index is 1.66. The smallest absolute Gasteiger partial charge is 0.237 e. The minimum atomic E-state index is -0.385. The van der Waals surface area contributed by atoms with E-state index in [1.165, 1.54) is 10.4 Å². The van der Waals surface area contributed by atoms with E-state index in [4.69, 9.17) is 0 Å². The molecule has 1 saturated heterocycles. The Morgan fingerprint density at radius 1 is 1.56 bits per heavy atom. The Bertz CT molecular complexity index is 446. The molecule has 3 rings (SSSR count). The number of rotatable bonds is 2. The van der Waals surface area contributed by atoms with Crippen molar-refractivity contribution in [2.45, 2.75) is 43.9 Å². The molecular formula is C13H18N2O2S. The van der Waals surface area contributed by atoms with Crippen molar-refractivity contribution in [2.24, 2.45) is 0 Å². The van der Waals surface area contributed by atoms with Crippen molar-refractivity contribution < 1.29 is 9.90 Å². The highest BCUT2D eigenvalue weighted by Crippen LogP contribution is 2.33. The molecule has 4 nitrogen and oxygen atoms in total. The fourth-order valence-corrected chi connectivity index (χ4v) is 3.81. The summed E-state index contributed by atoms with van der Waals surface area (Å²) in [5.41, 5.74) is 1.29. The monoisotopic (exact) mass is 266 g/mol. The number of carbonyl (C=O) groups is 1. The molecule has 1 aromatic heterocycles. The zero-order valence-electron chi connectivity index (χ0n) is 10.2. The van der Waals surface area contributed by atoms with Crippen molar-refractivity contribution in [3.05, 3.63) is 21.9 Å². The van der Waals surface area contributed by atoms with Crippen LogP contribution in [0.15, 0.2) is 11.4 Å². The number of aryl methyl sites for hydroxylation is 1. The summed E-state index contributed by atoms with van der Waals surface area (Å²) in [5, 5.41) is 17.7. The van der Waals surface area contributed by atoms with Crippen LogP contribution in [0.5, 0.6) is 0 Å². The summed E-state index contributed by atoms with van der Waals surface area (Å²) in [4.78, 5) is 13.5. The van der Waals surface area contributed by atoms with Gasteiger partial charge in [-0.3, -0.25) is 4.79 Å². The van der Waals surface area contributed by atoms with Gasteiger partial charge in [0.2, 0.25) is 5.91 Å². The van der Waals surface area contributed by atoms with Gasteiger partial charge in [-0.05, 0) is 42.7 Å². The van der Waals surface area contributed by atoms with Crippen LogP contribution in [0, 0.1) is 0 Å². The van der Waals surface area contributed by atoms with Crippen LogP contribution in [-0.4, -0.2) is 29.7 Å². The quantitative estimate of drug-likeness (QED) is 0.747. The number of thiophene rings is 1. The average molecular weight is 266 g/mol. The number of aliphatic hydroxyl groups excluding tert-OH is 1. The second-order valence-corrected chi connectivity index (χ2v) is 6.10. The first-order valence-electron chi connectivity index (χ1n) is 6.52. The Kier molecular flexibility index (Phi) is 3.37. The van der Waals surface area contributed by atoms with Gasteiger partial charge in [-0.1, -0.05) is 0 Å². The largest absolute Gasteiger partial charge is 0.392 e. The Labute approximate surface area is 110 Å². The first-order valence-corrected chi connectivity index (χ1v) is 7.40. The summed E-state index contributed by atoms with van der Waals surface area (Å²) >= 11 is 1.78. The second kappa shape index (κ2) is 4.99. The number of hydrogen-bond acceptors (Lipinski definition) is 4. The fraction of sp³-hybridized carbons (Fsp3) is 0.615. The summed E-state index contributed by atoms with van der Waals surface area (Å²) in [7, 11) is 0. The highest BCUT2D eigenvalue weighted by atomic mass is 32.1. The summed E-state index contributed by atoms with van der Waals surface area (Å²) in [6, 6.07) is 2.05. The van der Waals surface area contributed by atoms with E-state index in [9.17, 15) is 9.90 Å². The number of amides is 1. The maximum Gasteiger partial charge on any atom is 0.237 e. The standard InChI is InChI=1S/C13H18N2O2S/c16-8-6-11(14-7-8)13(17)15-10-2-1-3-12-9(10)4-5-18-12/h4-5,8,10-11,14,16H,1-3,6-7H2,(H,15,17). The maximum atomic E-state index is 12.1. The Morgan fingerprint density at radius 3 is 3.22 bits per heavy atom. The molecule has 98 valence electrons. The third kappa shape index (κ3) is 2.30. The van der Waals surface area contributed by atoms with Gasteiger partial charge in [0.15, 0.2) is 0 Å². The van der Waals surface area contributed by atoms with Gasteiger partial charge in [-0.2, -0.15) is 0 Å². The molecule has 1 fully saturated rings. The summed E-state index contributed by atoms with van der Waals surface area (Å²) in [6.45, 7) is 0.520. The Morgan fingerprint density at radius 2 is 2.44 bits per heavy atom. The van der Waals surface area contributed by atoms with E-state index in [0.717, 1.165) is 19.3 Å². The molecule has 0 aromatic carbocycles. The van der Waals surface area contributed by atoms with Crippen molar-refractivity contribution >= 4 is 17.2 Å². The van der Waals surface area contributed by atoms with E-state index in [-0.39, 0.29) is 24.1 Å². The van der Waals surface area contributed by atoms with E-state index in [1.807, 2.05) is 0 Å². The van der Waals surface area contributed by atoms with Crippen LogP contribution in [0.25, 0.3) is 0 Å². The SMILES string of the molecule is O=C(NC1CCCc2sccc21)C1CC(O)CN1. The van der Waals surface area contributed by atoms with Crippen molar-refractivity contribution in [1.82, 2.24) is 10.6 Å². The lowest BCUT2D eigenvalue weighted by Crippen LogP contribution is -2.42. The lowest BCUT2D eigenvalue weighted by Gasteiger charge is -2.25. The van der Waals surface area contributed by atoms with Gasteiger partial charge < -0.3 is 15.7 Å². The summed E-state index contributed by atoms with van der Waals surface area (Å²) in [6.07, 6.45) is 3.43. The molecule has 3 N–H and O–H groups in total. The van der Waals surface area contributed by atoms with Crippen molar-refractivity contribution in [1.29, 1.82) is 0 Å². The molecule has 1 aromatic rings. The number of fused-ring (bicyclic) bond motifs is 1. The van der Waals surface area contributed by atoms with Crippen LogP contribution < -0.4 is 10.6 Å². The summed E-state index contributed by atoms with van der Waals surface area (Å²) < 4.78 is 0. The van der Waals surface area contributed by atoms with Crippen LogP contribution in [0.3, 0.4) is 0 Å². The maximum absolute atomic E-state index is 12.1. The normalized spacial score (nSPS) is 31.1. The minimum absolute atomic E-state index is 0.0237. The van der Waals surface area contributed by atoms with Crippen molar-refractivity contribution in [2.75, 3.05) is 6.54 Å². The third-order valence-electron chi connectivity index (χ3n) is 3.79. The molecule has 1 amide bonds. The number of carbonyl (C=O) groups excluding carboxylic acids is 1. The molecule has 2 heterocycles. The van der Waals surface area contributed by atoms with Gasteiger partial charge in [0.1, 0.15) is 0 Å². The van der Waals surface area contributed by atoms with E-state index in [1.54, 1.807) is 11.3 Å². The van der Waals surface area contributed by atoms with Crippen LogP contribution in [0.2, 0.25) is 0 Å². The van der Waals surface area contributed by atoms with Gasteiger partial charge in [-0.25, -0.2) is 0 Å². The molecule has 3 atom stereocenters. The highest BCUT2D eigenvalue weighted by Gasteiger charge is 2.30. The molecule has 0 spiro atoms. The molecule has 0 bridgehead atoms. The second-order valence-electron chi connectivity index (χ2n) is 5.10. The molecule has 0 radical (unpaired) electrons. The van der Waals surface area contributed by atoms with Crippen LogP contribution >= 0.6 is 11.3 Å². The van der Waals surface area contributed by atoms with E-state index in [0.29, 0.717) is 13.0 Å². The van der Waals surface area contributed by atoms with Gasteiger partial charge in [0.25, 0.3) is 0 Å². The van der Waals surface area contributed by atoms with E-state index in [2.05, 4.69) is 22.1 Å². The molecule has 1 aliphatic carbocycles. The topological polar surface area (TPSA) is 61.4 Å². The summed E-state index contributed by atoms with van der Waals surface area (Å²) in [5.74, 6) is 0.0237. The molecule has 2 aliphatic rings. The lowest BCUT2D eigenvalue weighted by atomic mass is 9.94. The van der Waals surface area contributed by atoms with E-state index < -0.39 is 0 Å². The molecule has 1 aliphatic heterocycles. The fourth-order valence-electron chi connectivity index (χ4n) is 2.83. The zero-order valence-corrected chi connectivity index (χ0v) is 11.0. The van der Waals surface area contributed by atoms with Gasteiger partial charge in [0, 0.05) is 11.4 Å². The predicted octanol–water partition coefficient (Wildman–Crippen LogP) is 0.964. The van der Waals surface area contributed by atoms with Gasteiger partial charge in [0.05, 0.1) is 18.2 Å². The van der Waals surface area contributed by atoms with Crippen LogP contribution in [-0.2, 0) is 11.2 Å². The number of β-amino-alcohol motifs (C(OH)–C–C–N with tert-alkyl or cyclic N) is 1. The molecule has 5 heteroatoms. The van der Waals surface area contributed by atoms with Crippen molar-refractivity contribution in [3.63, 3.8) is 0 Å². The zero-order chi connectivity index (χ0) is 12.5. The molecule has 0 saturated carbocycles. The first kappa shape index (κ1) is 12.1. The molecule has 18 heavy (non-hydrogen) atoms. The van der Waals surface area contributed by atoms with Crippen LogP contribution in [0.1, 0.15) is 35.7 Å². The van der Waals surface area contributed by atoms with Crippen molar-refractivity contribution in [3.8, 4) is 0 Å². The highest BCUT2D eigenvalue weighted by molar-refractivity contribution is 7.10. The molecular weight excluding hydrogens is 248 g/mol.